The number of aromatic nitrogens is 1. The average Bonchev–Trinajstić information content (AvgIpc) is 2.89. The van der Waals surface area contributed by atoms with Crippen LogP contribution in [0.25, 0.3) is 10.2 Å². The van der Waals surface area contributed by atoms with Gasteiger partial charge in [0.05, 0.1) is 15.2 Å². The number of likely N-dealkylation sites (N-methyl/N-ethyl adjacent to an activating group) is 1. The second-order valence-electron chi connectivity index (χ2n) is 5.06. The molecule has 1 aromatic heterocycles. The summed E-state index contributed by atoms with van der Waals surface area (Å²) in [5, 5.41) is 4.50. The summed E-state index contributed by atoms with van der Waals surface area (Å²) in [6.45, 7) is 0.943. The topological polar surface area (TPSA) is 24.9 Å². The molecule has 0 saturated carbocycles. The van der Waals surface area contributed by atoms with E-state index in [1.165, 1.54) is 19.7 Å². The first-order valence-electron chi connectivity index (χ1n) is 7.01. The highest BCUT2D eigenvalue weighted by molar-refractivity contribution is 9.10. The molecule has 3 aromatic rings. The van der Waals surface area contributed by atoms with E-state index in [2.05, 4.69) is 63.7 Å². The van der Waals surface area contributed by atoms with Crippen molar-refractivity contribution in [2.45, 2.75) is 12.3 Å². The molecule has 1 heterocycles. The third-order valence-corrected chi connectivity index (χ3v) is 5.34. The lowest BCUT2D eigenvalue weighted by Crippen LogP contribution is -2.19. The summed E-state index contributed by atoms with van der Waals surface area (Å²) in [5.74, 6) is 0.422. The van der Waals surface area contributed by atoms with Crippen LogP contribution in [0.5, 0.6) is 0 Å². The number of thiazole rings is 1. The third kappa shape index (κ3) is 3.34. The zero-order valence-electron chi connectivity index (χ0n) is 11.8. The van der Waals surface area contributed by atoms with Gasteiger partial charge in [-0.1, -0.05) is 46.3 Å². The molecule has 0 aliphatic heterocycles. The molecule has 3 rings (SSSR count). The first-order chi connectivity index (χ1) is 10.3. The van der Waals surface area contributed by atoms with Crippen LogP contribution in [0.3, 0.4) is 0 Å². The fraction of sp³-hybridized carbons (Fsp3) is 0.235. The standard InChI is InChI=1S/C17H17BrN2S/c1-19-11-12(13-6-2-3-7-14(13)18)10-17-20-15-8-4-5-9-16(15)21-17/h2-9,12,19H,10-11H2,1H3. The number of nitrogens with zero attached hydrogens (tertiary/aromatic N) is 1. The molecular formula is C17H17BrN2S. The van der Waals surface area contributed by atoms with Crippen LogP contribution in [0.15, 0.2) is 53.0 Å². The van der Waals surface area contributed by atoms with Gasteiger partial charge in [0.2, 0.25) is 0 Å². The molecule has 4 heteroatoms. The predicted molar refractivity (Wildman–Crippen MR) is 94.1 cm³/mol. The van der Waals surface area contributed by atoms with Crippen LogP contribution in [0.1, 0.15) is 16.5 Å². The quantitative estimate of drug-likeness (QED) is 0.718. The van der Waals surface area contributed by atoms with Gasteiger partial charge in [0, 0.05) is 23.4 Å². The molecule has 0 bridgehead atoms. The molecule has 0 radical (unpaired) electrons. The Kier molecular flexibility index (Phi) is 4.68. The first-order valence-corrected chi connectivity index (χ1v) is 8.62. The van der Waals surface area contributed by atoms with E-state index >= 15 is 0 Å². The minimum absolute atomic E-state index is 0.422. The summed E-state index contributed by atoms with van der Waals surface area (Å²) >= 11 is 5.47. The van der Waals surface area contributed by atoms with Gasteiger partial charge in [0.15, 0.2) is 0 Å². The molecule has 0 saturated heterocycles. The van der Waals surface area contributed by atoms with Crippen molar-refractivity contribution < 1.29 is 0 Å². The van der Waals surface area contributed by atoms with E-state index in [1.807, 2.05) is 13.1 Å². The van der Waals surface area contributed by atoms with E-state index in [-0.39, 0.29) is 0 Å². The monoisotopic (exact) mass is 360 g/mol. The van der Waals surface area contributed by atoms with E-state index in [0.29, 0.717) is 5.92 Å². The van der Waals surface area contributed by atoms with Crippen LogP contribution in [0.4, 0.5) is 0 Å². The van der Waals surface area contributed by atoms with Crippen LogP contribution in [-0.2, 0) is 6.42 Å². The molecule has 1 atom stereocenters. The van der Waals surface area contributed by atoms with Gasteiger partial charge in [-0.25, -0.2) is 4.98 Å². The van der Waals surface area contributed by atoms with Gasteiger partial charge in [-0.3, -0.25) is 0 Å². The summed E-state index contributed by atoms with van der Waals surface area (Å²) < 4.78 is 2.44. The summed E-state index contributed by atoms with van der Waals surface area (Å²) in [7, 11) is 2.00. The molecule has 2 aromatic carbocycles. The normalized spacial score (nSPS) is 12.7. The van der Waals surface area contributed by atoms with Gasteiger partial charge < -0.3 is 5.32 Å². The second kappa shape index (κ2) is 6.69. The lowest BCUT2D eigenvalue weighted by atomic mass is 9.96. The van der Waals surface area contributed by atoms with Crippen LogP contribution in [-0.4, -0.2) is 18.6 Å². The Morgan fingerprint density at radius 3 is 2.67 bits per heavy atom. The van der Waals surface area contributed by atoms with E-state index in [0.717, 1.165) is 18.5 Å². The van der Waals surface area contributed by atoms with Crippen molar-refractivity contribution >= 4 is 37.5 Å². The molecular weight excluding hydrogens is 344 g/mol. The summed E-state index contributed by atoms with van der Waals surface area (Å²) in [6.07, 6.45) is 0.961. The largest absolute Gasteiger partial charge is 0.319 e. The molecule has 0 spiro atoms. The molecule has 2 nitrogen and oxygen atoms in total. The Morgan fingerprint density at radius 1 is 1.14 bits per heavy atom. The van der Waals surface area contributed by atoms with Gasteiger partial charge >= 0.3 is 0 Å². The highest BCUT2D eigenvalue weighted by Gasteiger charge is 2.16. The minimum atomic E-state index is 0.422. The number of rotatable bonds is 5. The fourth-order valence-corrected chi connectivity index (χ4v) is 4.22. The lowest BCUT2D eigenvalue weighted by molar-refractivity contribution is 0.622. The highest BCUT2D eigenvalue weighted by Crippen LogP contribution is 2.30. The maximum atomic E-state index is 4.77. The summed E-state index contributed by atoms with van der Waals surface area (Å²) in [6, 6.07) is 16.8. The predicted octanol–water partition coefficient (Wildman–Crippen LogP) is 4.60. The van der Waals surface area contributed by atoms with Crippen LogP contribution in [0, 0.1) is 0 Å². The van der Waals surface area contributed by atoms with Crippen molar-refractivity contribution in [1.29, 1.82) is 0 Å². The van der Waals surface area contributed by atoms with Gasteiger partial charge in [0.1, 0.15) is 0 Å². The van der Waals surface area contributed by atoms with Crippen molar-refractivity contribution in [1.82, 2.24) is 10.3 Å². The van der Waals surface area contributed by atoms with Crippen molar-refractivity contribution in [2.75, 3.05) is 13.6 Å². The Bertz CT molecular complexity index is 705. The van der Waals surface area contributed by atoms with Crippen LogP contribution in [0.2, 0.25) is 0 Å². The summed E-state index contributed by atoms with van der Waals surface area (Å²) in [5.41, 5.74) is 2.44. The second-order valence-corrected chi connectivity index (χ2v) is 7.03. The van der Waals surface area contributed by atoms with Crippen molar-refractivity contribution in [3.8, 4) is 0 Å². The molecule has 1 unspecified atom stereocenters. The van der Waals surface area contributed by atoms with Gasteiger partial charge in [-0.05, 0) is 30.8 Å². The number of hydrogen-bond donors (Lipinski definition) is 1. The smallest absolute Gasteiger partial charge is 0.0945 e. The summed E-state index contributed by atoms with van der Waals surface area (Å²) in [4.78, 5) is 4.77. The minimum Gasteiger partial charge on any atom is -0.319 e. The third-order valence-electron chi connectivity index (χ3n) is 3.55. The number of para-hydroxylation sites is 1. The van der Waals surface area contributed by atoms with Gasteiger partial charge in [-0.15, -0.1) is 11.3 Å². The maximum absolute atomic E-state index is 4.77. The molecule has 0 aliphatic carbocycles. The molecule has 108 valence electrons. The van der Waals surface area contributed by atoms with E-state index in [4.69, 9.17) is 4.98 Å². The maximum Gasteiger partial charge on any atom is 0.0945 e. The van der Waals surface area contributed by atoms with E-state index < -0.39 is 0 Å². The van der Waals surface area contributed by atoms with Crippen molar-refractivity contribution in [3.63, 3.8) is 0 Å². The fourth-order valence-electron chi connectivity index (χ4n) is 2.56. The van der Waals surface area contributed by atoms with E-state index in [1.54, 1.807) is 11.3 Å². The highest BCUT2D eigenvalue weighted by atomic mass is 79.9. The van der Waals surface area contributed by atoms with Crippen molar-refractivity contribution in [2.24, 2.45) is 0 Å². The molecule has 0 aliphatic rings. The molecule has 0 fully saturated rings. The Hall–Kier alpha value is -1.23. The number of hydrogen-bond acceptors (Lipinski definition) is 3. The Balaban J connectivity index is 1.90. The SMILES string of the molecule is CNCC(Cc1nc2ccccc2s1)c1ccccc1Br. The average molecular weight is 361 g/mol. The Morgan fingerprint density at radius 2 is 1.90 bits per heavy atom. The first kappa shape index (κ1) is 14.7. The van der Waals surface area contributed by atoms with E-state index in [9.17, 15) is 0 Å². The zero-order valence-corrected chi connectivity index (χ0v) is 14.2. The molecule has 21 heavy (non-hydrogen) atoms. The molecule has 0 amide bonds. The zero-order chi connectivity index (χ0) is 14.7. The van der Waals surface area contributed by atoms with Crippen molar-refractivity contribution in [3.05, 3.63) is 63.6 Å². The lowest BCUT2D eigenvalue weighted by Gasteiger charge is -2.17. The van der Waals surface area contributed by atoms with Gasteiger partial charge in [-0.2, -0.15) is 0 Å². The Labute approximate surface area is 137 Å². The number of nitrogens with one attached hydrogen (secondary N) is 1. The van der Waals surface area contributed by atoms with Gasteiger partial charge in [0.25, 0.3) is 0 Å². The van der Waals surface area contributed by atoms with Crippen LogP contribution >= 0.6 is 27.3 Å². The number of halogens is 1. The number of fused-ring (bicyclic) bond motifs is 1. The molecule has 1 N–H and O–H groups in total. The number of benzene rings is 2. The van der Waals surface area contributed by atoms with Crippen LogP contribution < -0.4 is 5.32 Å².